The van der Waals surface area contributed by atoms with Gasteiger partial charge in [0.25, 0.3) is 0 Å². The van der Waals surface area contributed by atoms with Crippen LogP contribution in [0.4, 0.5) is 5.69 Å². The zero-order valence-corrected chi connectivity index (χ0v) is 11.6. The second-order valence-corrected chi connectivity index (χ2v) is 5.42. The molecule has 3 N–H and O–H groups in total. The Hall–Kier alpha value is -0.580. The highest BCUT2D eigenvalue weighted by Crippen LogP contribution is 2.28. The van der Waals surface area contributed by atoms with Gasteiger partial charge < -0.3 is 15.7 Å². The Bertz CT molecular complexity index is 366. The summed E-state index contributed by atoms with van der Waals surface area (Å²) in [5, 5.41) is 9.37. The van der Waals surface area contributed by atoms with Crippen LogP contribution >= 0.6 is 15.9 Å². The average Bonchev–Trinajstić information content (AvgIpc) is 2.28. The molecular weight excluding hydrogens is 268 g/mol. The molecule has 0 aliphatic heterocycles. The molecule has 0 saturated carbocycles. The van der Waals surface area contributed by atoms with Crippen molar-refractivity contribution in [2.45, 2.75) is 25.9 Å². The quantitative estimate of drug-likeness (QED) is 0.891. The Kier molecular flexibility index (Phi) is 4.35. The lowest BCUT2D eigenvalue weighted by molar-refractivity contribution is 0.216. The third kappa shape index (κ3) is 2.75. The summed E-state index contributed by atoms with van der Waals surface area (Å²) in [4.78, 5) is 2.06. The first-order valence-corrected chi connectivity index (χ1v) is 6.05. The Morgan fingerprint density at radius 1 is 1.44 bits per heavy atom. The minimum absolute atomic E-state index is 0.0972. The molecule has 0 amide bonds. The number of likely N-dealkylation sites (N-methyl/N-ethyl adjacent to an activating group) is 1. The minimum atomic E-state index is -0.301. The lowest BCUT2D eigenvalue weighted by Crippen LogP contribution is -2.44. The maximum Gasteiger partial charge on any atom is 0.0658 e. The molecular formula is C12H19BrN2O. The van der Waals surface area contributed by atoms with Gasteiger partial charge in [-0.3, -0.25) is 0 Å². The van der Waals surface area contributed by atoms with Crippen molar-refractivity contribution in [3.63, 3.8) is 0 Å². The molecule has 0 aromatic heterocycles. The van der Waals surface area contributed by atoms with Crippen LogP contribution in [0.2, 0.25) is 0 Å². The van der Waals surface area contributed by atoms with Crippen molar-refractivity contribution in [2.24, 2.45) is 5.73 Å². The van der Waals surface area contributed by atoms with E-state index in [9.17, 15) is 5.11 Å². The van der Waals surface area contributed by atoms with Crippen molar-refractivity contribution >= 4 is 21.6 Å². The molecule has 16 heavy (non-hydrogen) atoms. The first-order chi connectivity index (χ1) is 7.42. The standard InChI is InChI=1S/C12H19BrN2O/c1-12(2,8-16)15(3)11-6-10(13)5-4-9(11)7-14/h4-6,16H,7-8,14H2,1-3H3. The van der Waals surface area contributed by atoms with Gasteiger partial charge in [-0.2, -0.15) is 0 Å². The third-order valence-electron chi connectivity index (χ3n) is 2.92. The van der Waals surface area contributed by atoms with Gasteiger partial charge in [-0.05, 0) is 31.5 Å². The van der Waals surface area contributed by atoms with Crippen molar-refractivity contribution in [3.8, 4) is 0 Å². The number of anilines is 1. The van der Waals surface area contributed by atoms with Gasteiger partial charge in [0.05, 0.1) is 12.1 Å². The van der Waals surface area contributed by atoms with Crippen molar-refractivity contribution in [1.82, 2.24) is 0 Å². The number of aliphatic hydroxyl groups excluding tert-OH is 1. The fraction of sp³-hybridized carbons (Fsp3) is 0.500. The molecule has 0 heterocycles. The van der Waals surface area contributed by atoms with Gasteiger partial charge in [0.2, 0.25) is 0 Å². The van der Waals surface area contributed by atoms with E-state index in [4.69, 9.17) is 5.73 Å². The van der Waals surface area contributed by atoms with Gasteiger partial charge in [-0.15, -0.1) is 0 Å². The molecule has 0 aliphatic rings. The van der Waals surface area contributed by atoms with Crippen molar-refractivity contribution in [1.29, 1.82) is 0 Å². The summed E-state index contributed by atoms with van der Waals surface area (Å²) in [7, 11) is 1.97. The van der Waals surface area contributed by atoms with Crippen LogP contribution in [0.5, 0.6) is 0 Å². The average molecular weight is 287 g/mol. The van der Waals surface area contributed by atoms with Crippen molar-refractivity contribution in [3.05, 3.63) is 28.2 Å². The van der Waals surface area contributed by atoms with Crippen LogP contribution < -0.4 is 10.6 Å². The molecule has 90 valence electrons. The van der Waals surface area contributed by atoms with Gasteiger partial charge >= 0.3 is 0 Å². The third-order valence-corrected chi connectivity index (χ3v) is 3.42. The number of rotatable bonds is 4. The summed E-state index contributed by atoms with van der Waals surface area (Å²) < 4.78 is 1.01. The molecule has 0 fully saturated rings. The molecule has 0 unspecified atom stereocenters. The fourth-order valence-electron chi connectivity index (χ4n) is 1.45. The highest BCUT2D eigenvalue weighted by atomic mass is 79.9. The maximum atomic E-state index is 9.37. The van der Waals surface area contributed by atoms with E-state index >= 15 is 0 Å². The molecule has 0 aliphatic carbocycles. The number of hydrogen-bond acceptors (Lipinski definition) is 3. The smallest absolute Gasteiger partial charge is 0.0658 e. The maximum absolute atomic E-state index is 9.37. The monoisotopic (exact) mass is 286 g/mol. The molecule has 1 aromatic rings. The van der Waals surface area contributed by atoms with Crippen molar-refractivity contribution < 1.29 is 5.11 Å². The molecule has 0 radical (unpaired) electrons. The molecule has 1 rings (SSSR count). The van der Waals surface area contributed by atoms with Gasteiger partial charge in [-0.1, -0.05) is 22.0 Å². The Labute approximate surface area is 105 Å². The van der Waals surface area contributed by atoms with Gasteiger partial charge in [0, 0.05) is 23.8 Å². The van der Waals surface area contributed by atoms with Crippen LogP contribution in [0.25, 0.3) is 0 Å². The van der Waals surface area contributed by atoms with Crippen LogP contribution in [0.15, 0.2) is 22.7 Å². The Balaban J connectivity index is 3.16. The number of aliphatic hydroxyl groups is 1. The van der Waals surface area contributed by atoms with E-state index in [0.29, 0.717) is 6.54 Å². The van der Waals surface area contributed by atoms with Crippen LogP contribution in [0.3, 0.4) is 0 Å². The van der Waals surface area contributed by atoms with Crippen LogP contribution in [0, 0.1) is 0 Å². The number of benzene rings is 1. The molecule has 1 aromatic carbocycles. The lowest BCUT2D eigenvalue weighted by Gasteiger charge is -2.37. The normalized spacial score (nSPS) is 11.6. The topological polar surface area (TPSA) is 49.5 Å². The molecule has 3 nitrogen and oxygen atoms in total. The molecule has 0 bridgehead atoms. The minimum Gasteiger partial charge on any atom is -0.394 e. The molecule has 0 atom stereocenters. The summed E-state index contributed by atoms with van der Waals surface area (Å²) >= 11 is 3.45. The summed E-state index contributed by atoms with van der Waals surface area (Å²) in [6, 6.07) is 6.01. The second-order valence-electron chi connectivity index (χ2n) is 4.51. The number of nitrogens with two attached hydrogens (primary N) is 1. The SMILES string of the molecule is CN(c1cc(Br)ccc1CN)C(C)(C)CO. The Morgan fingerprint density at radius 2 is 2.06 bits per heavy atom. The summed E-state index contributed by atoms with van der Waals surface area (Å²) in [5.41, 5.74) is 7.55. The lowest BCUT2D eigenvalue weighted by atomic mass is 10.0. The molecule has 0 spiro atoms. The van der Waals surface area contributed by atoms with E-state index in [2.05, 4.69) is 20.8 Å². The van der Waals surface area contributed by atoms with Gasteiger partial charge in [0.15, 0.2) is 0 Å². The van der Waals surface area contributed by atoms with Crippen LogP contribution in [-0.4, -0.2) is 24.3 Å². The van der Waals surface area contributed by atoms with Gasteiger partial charge in [-0.25, -0.2) is 0 Å². The molecule has 0 saturated heterocycles. The van der Waals surface area contributed by atoms with E-state index in [1.54, 1.807) is 0 Å². The van der Waals surface area contributed by atoms with E-state index in [1.807, 2.05) is 39.1 Å². The van der Waals surface area contributed by atoms with Crippen LogP contribution in [-0.2, 0) is 6.54 Å². The largest absolute Gasteiger partial charge is 0.394 e. The first kappa shape index (κ1) is 13.5. The zero-order chi connectivity index (χ0) is 12.3. The van der Waals surface area contributed by atoms with E-state index in [-0.39, 0.29) is 12.1 Å². The molecule has 4 heteroatoms. The van der Waals surface area contributed by atoms with E-state index < -0.39 is 0 Å². The number of nitrogens with zero attached hydrogens (tertiary/aromatic N) is 1. The fourth-order valence-corrected chi connectivity index (χ4v) is 1.80. The summed E-state index contributed by atoms with van der Waals surface area (Å²) in [5.74, 6) is 0. The zero-order valence-electron chi connectivity index (χ0n) is 10.00. The predicted molar refractivity (Wildman–Crippen MR) is 71.6 cm³/mol. The Morgan fingerprint density at radius 3 is 2.56 bits per heavy atom. The highest BCUT2D eigenvalue weighted by Gasteiger charge is 2.24. The number of hydrogen-bond donors (Lipinski definition) is 2. The highest BCUT2D eigenvalue weighted by molar-refractivity contribution is 9.10. The predicted octanol–water partition coefficient (Wildman–Crippen LogP) is 2.11. The van der Waals surface area contributed by atoms with Crippen molar-refractivity contribution in [2.75, 3.05) is 18.6 Å². The number of halogens is 1. The van der Waals surface area contributed by atoms with E-state index in [0.717, 1.165) is 15.7 Å². The summed E-state index contributed by atoms with van der Waals surface area (Å²) in [6.45, 7) is 4.58. The first-order valence-electron chi connectivity index (χ1n) is 5.25. The summed E-state index contributed by atoms with van der Waals surface area (Å²) in [6.07, 6.45) is 0. The second kappa shape index (κ2) is 5.17. The van der Waals surface area contributed by atoms with Crippen LogP contribution in [0.1, 0.15) is 19.4 Å². The van der Waals surface area contributed by atoms with Gasteiger partial charge in [0.1, 0.15) is 0 Å². The van der Waals surface area contributed by atoms with E-state index in [1.165, 1.54) is 0 Å².